The lowest BCUT2D eigenvalue weighted by atomic mass is 10.1. The number of nitrogens with one attached hydrogen (secondary N) is 1. The van der Waals surface area contributed by atoms with Crippen molar-refractivity contribution < 1.29 is 9.53 Å². The third-order valence-corrected chi connectivity index (χ3v) is 3.35. The number of halogens is 1. The van der Waals surface area contributed by atoms with Crippen molar-refractivity contribution in [2.75, 3.05) is 12.4 Å². The van der Waals surface area contributed by atoms with Crippen molar-refractivity contribution in [2.24, 2.45) is 5.73 Å². The number of carbonyl (C=O) groups is 1. The smallest absolute Gasteiger partial charge is 0.245 e. The molecule has 20 heavy (non-hydrogen) atoms. The molecule has 4 nitrogen and oxygen atoms in total. The molecule has 0 fully saturated rings. The highest BCUT2D eigenvalue weighted by Crippen LogP contribution is 2.28. The van der Waals surface area contributed by atoms with Crippen LogP contribution in [-0.4, -0.2) is 13.0 Å². The van der Waals surface area contributed by atoms with Crippen molar-refractivity contribution in [3.05, 3.63) is 58.6 Å². The Bertz CT molecular complexity index is 602. The van der Waals surface area contributed by atoms with Crippen LogP contribution in [0.15, 0.2) is 53.0 Å². The normalized spacial score (nSPS) is 11.8. The van der Waals surface area contributed by atoms with Gasteiger partial charge in [0.2, 0.25) is 5.91 Å². The second kappa shape index (κ2) is 6.54. The molecule has 3 N–H and O–H groups in total. The quantitative estimate of drug-likeness (QED) is 0.902. The van der Waals surface area contributed by atoms with Gasteiger partial charge in [-0.2, -0.15) is 0 Å². The fourth-order valence-corrected chi connectivity index (χ4v) is 2.16. The van der Waals surface area contributed by atoms with Crippen molar-refractivity contribution in [3.8, 4) is 5.75 Å². The van der Waals surface area contributed by atoms with Gasteiger partial charge in [-0.25, -0.2) is 0 Å². The maximum atomic E-state index is 12.2. The zero-order valence-electron chi connectivity index (χ0n) is 11.0. The van der Waals surface area contributed by atoms with Crippen molar-refractivity contribution in [1.29, 1.82) is 0 Å². The van der Waals surface area contributed by atoms with Gasteiger partial charge in [0.25, 0.3) is 0 Å². The van der Waals surface area contributed by atoms with E-state index in [0.29, 0.717) is 11.4 Å². The summed E-state index contributed by atoms with van der Waals surface area (Å²) < 4.78 is 6.06. The monoisotopic (exact) mass is 334 g/mol. The molecule has 0 aliphatic carbocycles. The molecular weight excluding hydrogens is 320 g/mol. The first-order chi connectivity index (χ1) is 9.61. The molecule has 2 aromatic carbocycles. The standard InChI is InChI=1S/C15H15BrN2O2/c1-20-13-8-7-11(16)9-12(13)18-15(19)14(17)10-5-3-2-4-6-10/h2-9,14H,17H2,1H3,(H,18,19)/t14-/m0/s1. The Morgan fingerprint density at radius 3 is 2.60 bits per heavy atom. The lowest BCUT2D eigenvalue weighted by Crippen LogP contribution is -2.27. The molecule has 1 atom stereocenters. The molecular formula is C15H15BrN2O2. The van der Waals surface area contributed by atoms with Crippen LogP contribution in [0.2, 0.25) is 0 Å². The van der Waals surface area contributed by atoms with E-state index < -0.39 is 6.04 Å². The Labute approximate surface area is 126 Å². The van der Waals surface area contributed by atoms with Gasteiger partial charge in [0.05, 0.1) is 12.8 Å². The second-order valence-corrected chi connectivity index (χ2v) is 5.14. The van der Waals surface area contributed by atoms with Gasteiger partial charge in [-0.1, -0.05) is 46.3 Å². The minimum Gasteiger partial charge on any atom is -0.495 e. The van der Waals surface area contributed by atoms with Crippen LogP contribution >= 0.6 is 15.9 Å². The summed E-state index contributed by atoms with van der Waals surface area (Å²) in [7, 11) is 1.55. The topological polar surface area (TPSA) is 64.3 Å². The molecule has 5 heteroatoms. The van der Waals surface area contributed by atoms with E-state index in [1.54, 1.807) is 19.2 Å². The third kappa shape index (κ3) is 3.37. The van der Waals surface area contributed by atoms with Gasteiger partial charge in [0.1, 0.15) is 11.8 Å². The number of anilines is 1. The van der Waals surface area contributed by atoms with E-state index in [9.17, 15) is 4.79 Å². The molecule has 0 aromatic heterocycles. The summed E-state index contributed by atoms with van der Waals surface area (Å²) in [5, 5.41) is 2.78. The SMILES string of the molecule is COc1ccc(Br)cc1NC(=O)[C@@H](N)c1ccccc1. The van der Waals surface area contributed by atoms with Crippen LogP contribution in [0.1, 0.15) is 11.6 Å². The van der Waals surface area contributed by atoms with Crippen molar-refractivity contribution in [2.45, 2.75) is 6.04 Å². The predicted octanol–water partition coefficient (Wildman–Crippen LogP) is 3.10. The molecule has 0 aliphatic heterocycles. The molecule has 0 aliphatic rings. The molecule has 0 unspecified atom stereocenters. The number of hydrogen-bond acceptors (Lipinski definition) is 3. The van der Waals surface area contributed by atoms with Gasteiger partial charge in [-0.15, -0.1) is 0 Å². The number of nitrogens with two attached hydrogens (primary N) is 1. The number of amides is 1. The molecule has 2 rings (SSSR count). The number of methoxy groups -OCH3 is 1. The molecule has 0 saturated carbocycles. The zero-order valence-corrected chi connectivity index (χ0v) is 12.6. The Morgan fingerprint density at radius 1 is 1.25 bits per heavy atom. The van der Waals surface area contributed by atoms with E-state index in [1.165, 1.54) is 0 Å². The number of carbonyl (C=O) groups excluding carboxylic acids is 1. The number of rotatable bonds is 4. The fourth-order valence-electron chi connectivity index (χ4n) is 1.80. The van der Waals surface area contributed by atoms with E-state index in [0.717, 1.165) is 10.0 Å². The van der Waals surface area contributed by atoms with E-state index in [2.05, 4.69) is 21.2 Å². The first-order valence-corrected chi connectivity index (χ1v) is 6.86. The molecule has 104 valence electrons. The summed E-state index contributed by atoms with van der Waals surface area (Å²) in [5.41, 5.74) is 7.30. The first-order valence-electron chi connectivity index (χ1n) is 6.06. The van der Waals surface area contributed by atoms with Crippen molar-refractivity contribution in [1.82, 2.24) is 0 Å². The van der Waals surface area contributed by atoms with Gasteiger partial charge in [-0.3, -0.25) is 4.79 Å². The Balaban J connectivity index is 2.18. The summed E-state index contributed by atoms with van der Waals surface area (Å²) in [5.74, 6) is 0.300. The van der Waals surface area contributed by atoms with E-state index in [4.69, 9.17) is 10.5 Å². The zero-order chi connectivity index (χ0) is 14.5. The molecule has 0 spiro atoms. The maximum absolute atomic E-state index is 12.2. The minimum absolute atomic E-state index is 0.285. The lowest BCUT2D eigenvalue weighted by molar-refractivity contribution is -0.117. The average molecular weight is 335 g/mol. The van der Waals surface area contributed by atoms with Gasteiger partial charge in [-0.05, 0) is 23.8 Å². The number of ether oxygens (including phenoxy) is 1. The summed E-state index contributed by atoms with van der Waals surface area (Å²) in [6.45, 7) is 0. The van der Waals surface area contributed by atoms with E-state index >= 15 is 0 Å². The van der Waals surface area contributed by atoms with Gasteiger partial charge >= 0.3 is 0 Å². The van der Waals surface area contributed by atoms with Crippen LogP contribution in [0.3, 0.4) is 0 Å². The Hall–Kier alpha value is -1.85. The molecule has 2 aromatic rings. The average Bonchev–Trinajstić information content (AvgIpc) is 2.47. The highest BCUT2D eigenvalue weighted by molar-refractivity contribution is 9.10. The van der Waals surface area contributed by atoms with Crippen LogP contribution in [-0.2, 0) is 4.79 Å². The minimum atomic E-state index is -0.722. The maximum Gasteiger partial charge on any atom is 0.245 e. The van der Waals surface area contributed by atoms with Crippen LogP contribution in [0.4, 0.5) is 5.69 Å². The summed E-state index contributed by atoms with van der Waals surface area (Å²) in [4.78, 5) is 12.2. The van der Waals surface area contributed by atoms with Gasteiger partial charge < -0.3 is 15.8 Å². The molecule has 1 amide bonds. The van der Waals surface area contributed by atoms with Gasteiger partial charge in [0.15, 0.2) is 0 Å². The van der Waals surface area contributed by atoms with Gasteiger partial charge in [0, 0.05) is 4.47 Å². The van der Waals surface area contributed by atoms with Crippen molar-refractivity contribution >= 4 is 27.5 Å². The molecule has 0 radical (unpaired) electrons. The highest BCUT2D eigenvalue weighted by atomic mass is 79.9. The predicted molar refractivity (Wildman–Crippen MR) is 82.7 cm³/mol. The number of hydrogen-bond donors (Lipinski definition) is 2. The fraction of sp³-hybridized carbons (Fsp3) is 0.133. The van der Waals surface area contributed by atoms with Crippen LogP contribution in [0, 0.1) is 0 Å². The Kier molecular flexibility index (Phi) is 4.76. The molecule has 0 saturated heterocycles. The van der Waals surface area contributed by atoms with Crippen LogP contribution < -0.4 is 15.8 Å². The largest absolute Gasteiger partial charge is 0.495 e. The highest BCUT2D eigenvalue weighted by Gasteiger charge is 2.17. The summed E-state index contributed by atoms with van der Waals surface area (Å²) in [6, 6.07) is 13.9. The first kappa shape index (κ1) is 14.6. The van der Waals surface area contributed by atoms with Crippen LogP contribution in [0.25, 0.3) is 0 Å². The van der Waals surface area contributed by atoms with Crippen molar-refractivity contribution in [3.63, 3.8) is 0 Å². The van der Waals surface area contributed by atoms with Crippen LogP contribution in [0.5, 0.6) is 5.75 Å². The summed E-state index contributed by atoms with van der Waals surface area (Å²) >= 11 is 3.36. The Morgan fingerprint density at radius 2 is 1.95 bits per heavy atom. The van der Waals surface area contributed by atoms with E-state index in [1.807, 2.05) is 36.4 Å². The summed E-state index contributed by atoms with van der Waals surface area (Å²) in [6.07, 6.45) is 0. The van der Waals surface area contributed by atoms with E-state index in [-0.39, 0.29) is 5.91 Å². The molecule has 0 bridgehead atoms. The number of benzene rings is 2. The third-order valence-electron chi connectivity index (χ3n) is 2.86. The second-order valence-electron chi connectivity index (χ2n) is 4.22. The molecule has 0 heterocycles. The lowest BCUT2D eigenvalue weighted by Gasteiger charge is -2.15.